The molecule has 0 N–H and O–H groups in total. The summed E-state index contributed by atoms with van der Waals surface area (Å²) < 4.78 is 10.3. The van der Waals surface area contributed by atoms with Crippen molar-refractivity contribution in [3.63, 3.8) is 0 Å². The molecule has 0 nitrogen and oxygen atoms in total. The number of rotatable bonds is 8. The van der Waals surface area contributed by atoms with Crippen LogP contribution in [0.2, 0.25) is 33.2 Å². The van der Waals surface area contributed by atoms with Crippen molar-refractivity contribution in [1.29, 1.82) is 0 Å². The average molecular weight is 981 g/mol. The zero-order valence-corrected chi connectivity index (χ0v) is 42.0. The van der Waals surface area contributed by atoms with Gasteiger partial charge in [0.05, 0.1) is 0 Å². The number of hydrogen-bond donors (Lipinski definition) is 0. The molecular formula is C46H56Se4Si2. The van der Waals surface area contributed by atoms with E-state index >= 15 is 0 Å². The molecule has 4 heterocycles. The Morgan fingerprint density at radius 2 is 0.635 bits per heavy atom. The van der Waals surface area contributed by atoms with Crippen LogP contribution in [0, 0.1) is 0 Å². The third-order valence-corrected chi connectivity index (χ3v) is 40.0. The van der Waals surface area contributed by atoms with Gasteiger partial charge in [0.2, 0.25) is 0 Å². The summed E-state index contributed by atoms with van der Waals surface area (Å²) in [5.74, 6) is 0. The fourth-order valence-corrected chi connectivity index (χ4v) is 43.4. The van der Waals surface area contributed by atoms with Gasteiger partial charge in [-0.25, -0.2) is 0 Å². The molecule has 52 heavy (non-hydrogen) atoms. The van der Waals surface area contributed by atoms with Gasteiger partial charge < -0.3 is 0 Å². The number of benzene rings is 4. The van der Waals surface area contributed by atoms with E-state index in [1.54, 1.807) is 27.8 Å². The Morgan fingerprint density at radius 1 is 0.346 bits per heavy atom. The van der Waals surface area contributed by atoms with Gasteiger partial charge in [-0.3, -0.25) is 0 Å². The molecule has 272 valence electrons. The van der Waals surface area contributed by atoms with Crippen molar-refractivity contribution in [2.45, 2.75) is 116 Å². The van der Waals surface area contributed by atoms with Crippen molar-refractivity contribution in [2.24, 2.45) is 0 Å². The Morgan fingerprint density at radius 3 is 0.942 bits per heavy atom. The molecule has 0 saturated heterocycles. The number of fused-ring (bicyclic) bond motifs is 10. The third kappa shape index (κ3) is 6.16. The van der Waals surface area contributed by atoms with Crippen molar-refractivity contribution in [3.8, 4) is 0 Å². The SMILES string of the molecule is CC(C)[Si](c1cc2ccc3c(ccc4cc([Si](C(C)C)(C(C)C)C(C)C)[se]c43)c2[se]1)(C(C)C)C(C)C.c1cc2ccc3c(ccc4cc[se]c43)c2[se]1. The quantitative estimate of drug-likeness (QED) is 0.133. The Balaban J connectivity index is 0.000000215. The van der Waals surface area contributed by atoms with Gasteiger partial charge in [-0.1, -0.05) is 0 Å². The van der Waals surface area contributed by atoms with E-state index in [-0.39, 0.29) is 0 Å². The first kappa shape index (κ1) is 39.1. The molecule has 0 spiro atoms. The van der Waals surface area contributed by atoms with Gasteiger partial charge in [-0.2, -0.15) is 0 Å². The summed E-state index contributed by atoms with van der Waals surface area (Å²) in [5, 5.41) is 12.1. The second-order valence-electron chi connectivity index (χ2n) is 17.0. The summed E-state index contributed by atoms with van der Waals surface area (Å²) in [6, 6.07) is 29.0. The van der Waals surface area contributed by atoms with Crippen molar-refractivity contribution in [1.82, 2.24) is 0 Å². The van der Waals surface area contributed by atoms with E-state index in [2.05, 4.69) is 166 Å². The van der Waals surface area contributed by atoms with Crippen LogP contribution < -0.4 is 8.12 Å². The molecule has 0 aliphatic carbocycles. The molecule has 0 unspecified atom stereocenters. The van der Waals surface area contributed by atoms with E-state index in [0.29, 0.717) is 58.0 Å². The molecule has 0 saturated carbocycles. The van der Waals surface area contributed by atoms with Crippen LogP contribution in [0.3, 0.4) is 0 Å². The summed E-state index contributed by atoms with van der Waals surface area (Å²) in [5.41, 5.74) is 4.70. The standard InChI is InChI=1S/C32H48Se2Si2.C14H8Se2/c1-19(2)35(20(3)4,21(5)6)29-17-25-13-15-28-27(31(25)33-29)16-14-26-18-30(34-32(26)28)36(22(7)8,23(9)10)24(11)12;1-3-11-12(13-9(1)5-7-15-13)4-2-10-6-8-16-14(10)11/h13-24H,1-12H3;1-8H. The predicted molar refractivity (Wildman–Crippen MR) is 247 cm³/mol. The van der Waals surface area contributed by atoms with Gasteiger partial charge in [-0.15, -0.1) is 0 Å². The number of hydrogen-bond acceptors (Lipinski definition) is 0. The van der Waals surface area contributed by atoms with Crippen LogP contribution in [-0.2, 0) is 0 Å². The Hall–Kier alpha value is -1.13. The second kappa shape index (κ2) is 15.1. The molecule has 8 aromatic rings. The van der Waals surface area contributed by atoms with Crippen LogP contribution in [0.25, 0.3) is 60.1 Å². The average Bonchev–Trinajstić information content (AvgIpc) is 3.89. The second-order valence-corrected chi connectivity index (χ2v) is 38.6. The predicted octanol–water partition coefficient (Wildman–Crippen LogP) is 12.3. The fraction of sp³-hybridized carbons (Fsp3) is 0.391. The van der Waals surface area contributed by atoms with E-state index in [4.69, 9.17) is 0 Å². The van der Waals surface area contributed by atoms with E-state index in [1.165, 1.54) is 32.3 Å². The molecule has 8 rings (SSSR count). The van der Waals surface area contributed by atoms with E-state index in [0.717, 1.165) is 33.2 Å². The molecule has 0 aliphatic heterocycles. The maximum absolute atomic E-state index is 2.66. The fourth-order valence-electron chi connectivity index (χ4n) is 10.8. The molecule has 4 aromatic carbocycles. The van der Waals surface area contributed by atoms with Gasteiger partial charge in [0.1, 0.15) is 0 Å². The summed E-state index contributed by atoms with van der Waals surface area (Å²) in [7, 11) is -3.17. The summed E-state index contributed by atoms with van der Waals surface area (Å²) in [6.45, 7) is 30.2. The molecular weight excluding hydrogens is 925 g/mol. The summed E-state index contributed by atoms with van der Waals surface area (Å²) in [4.78, 5) is 4.65. The van der Waals surface area contributed by atoms with Gasteiger partial charge in [0, 0.05) is 0 Å². The van der Waals surface area contributed by atoms with Crippen molar-refractivity contribution in [2.75, 3.05) is 0 Å². The summed E-state index contributed by atoms with van der Waals surface area (Å²) in [6.07, 6.45) is 0. The molecule has 4 aromatic heterocycles. The van der Waals surface area contributed by atoms with E-state index in [1.807, 2.05) is 8.12 Å². The zero-order valence-electron chi connectivity index (χ0n) is 33.2. The molecule has 0 fully saturated rings. The topological polar surface area (TPSA) is 0 Å². The van der Waals surface area contributed by atoms with Crippen LogP contribution in [0.5, 0.6) is 0 Å². The molecule has 0 amide bonds. The van der Waals surface area contributed by atoms with Crippen LogP contribution >= 0.6 is 0 Å². The molecule has 0 radical (unpaired) electrons. The van der Waals surface area contributed by atoms with Gasteiger partial charge in [0.15, 0.2) is 0 Å². The Bertz CT molecular complexity index is 2300. The summed E-state index contributed by atoms with van der Waals surface area (Å²) >= 11 is 2.01. The van der Waals surface area contributed by atoms with Gasteiger partial charge in [-0.05, 0) is 0 Å². The molecule has 0 aliphatic rings. The molecule has 0 atom stereocenters. The van der Waals surface area contributed by atoms with Crippen molar-refractivity contribution >= 4 is 142 Å². The first-order valence-electron chi connectivity index (χ1n) is 19.4. The van der Waals surface area contributed by atoms with Gasteiger partial charge >= 0.3 is 341 Å². The first-order chi connectivity index (χ1) is 24.7. The Kier molecular flexibility index (Phi) is 11.3. The normalized spacial score (nSPS) is 13.3. The van der Waals surface area contributed by atoms with Crippen LogP contribution in [0.15, 0.2) is 82.7 Å². The first-order valence-corrected chi connectivity index (χ1v) is 31.0. The molecule has 0 bridgehead atoms. The van der Waals surface area contributed by atoms with Crippen molar-refractivity contribution < 1.29 is 0 Å². The zero-order chi connectivity index (χ0) is 37.3. The van der Waals surface area contributed by atoms with Crippen molar-refractivity contribution in [3.05, 3.63) is 82.7 Å². The van der Waals surface area contributed by atoms with Crippen LogP contribution in [-0.4, -0.2) is 74.2 Å². The minimum atomic E-state index is -1.59. The van der Waals surface area contributed by atoms with Gasteiger partial charge in [0.25, 0.3) is 0 Å². The van der Waals surface area contributed by atoms with E-state index < -0.39 is 16.1 Å². The monoisotopic (exact) mass is 984 g/mol. The van der Waals surface area contributed by atoms with Crippen LogP contribution in [0.4, 0.5) is 0 Å². The minimum absolute atomic E-state index is 0.461. The maximum atomic E-state index is 2.66. The van der Waals surface area contributed by atoms with Crippen LogP contribution in [0.1, 0.15) is 83.1 Å². The van der Waals surface area contributed by atoms with E-state index in [9.17, 15) is 0 Å². The molecule has 6 heteroatoms. The third-order valence-electron chi connectivity index (χ3n) is 12.8. The Labute approximate surface area is 338 Å².